The first kappa shape index (κ1) is 15.2. The number of ether oxygens (including phenoxy) is 3. The van der Waals surface area contributed by atoms with Crippen LogP contribution in [0.25, 0.3) is 0 Å². The summed E-state index contributed by atoms with van der Waals surface area (Å²) in [6.45, 7) is 2.51. The van der Waals surface area contributed by atoms with Crippen molar-refractivity contribution < 1.29 is 19.3 Å². The summed E-state index contributed by atoms with van der Waals surface area (Å²) in [4.78, 5) is 0. The van der Waals surface area contributed by atoms with Crippen molar-refractivity contribution in [3.63, 3.8) is 0 Å². The van der Waals surface area contributed by atoms with Gasteiger partial charge in [0.25, 0.3) is 0 Å². The third kappa shape index (κ3) is 3.47. The molecule has 21 heavy (non-hydrogen) atoms. The maximum Gasteiger partial charge on any atom is 0.125 e. The Morgan fingerprint density at radius 2 is 1.81 bits per heavy atom. The fourth-order valence-corrected chi connectivity index (χ4v) is 2.17. The molecule has 0 spiro atoms. The van der Waals surface area contributed by atoms with E-state index in [9.17, 15) is 5.11 Å². The second-order valence-corrected chi connectivity index (χ2v) is 4.52. The molecule has 0 aliphatic rings. The Kier molecular flexibility index (Phi) is 5.06. The number of hydrogen-bond donors (Lipinski definition) is 1. The Labute approximate surface area is 124 Å². The van der Waals surface area contributed by atoms with E-state index in [0.29, 0.717) is 23.7 Å². The maximum atomic E-state index is 10.6. The van der Waals surface area contributed by atoms with Crippen LogP contribution < -0.4 is 14.2 Å². The van der Waals surface area contributed by atoms with Crippen LogP contribution in [0.15, 0.2) is 42.5 Å². The van der Waals surface area contributed by atoms with E-state index in [1.54, 1.807) is 32.4 Å². The van der Waals surface area contributed by atoms with E-state index in [0.717, 1.165) is 11.3 Å². The van der Waals surface area contributed by atoms with Gasteiger partial charge < -0.3 is 19.3 Å². The highest BCUT2D eigenvalue weighted by molar-refractivity contribution is 5.46. The van der Waals surface area contributed by atoms with E-state index in [1.165, 1.54) is 0 Å². The normalized spacial score (nSPS) is 11.8. The van der Waals surface area contributed by atoms with Gasteiger partial charge >= 0.3 is 0 Å². The number of methoxy groups -OCH3 is 2. The van der Waals surface area contributed by atoms with Gasteiger partial charge in [-0.2, -0.15) is 0 Å². The summed E-state index contributed by atoms with van der Waals surface area (Å²) in [5.41, 5.74) is 1.40. The quantitative estimate of drug-likeness (QED) is 0.887. The SMILES string of the molecule is CCOc1cccc(C(O)c2cc(OC)ccc2OC)c1. The van der Waals surface area contributed by atoms with E-state index in [-0.39, 0.29) is 0 Å². The van der Waals surface area contributed by atoms with Crippen LogP contribution in [0.4, 0.5) is 0 Å². The molecular formula is C17H20O4. The van der Waals surface area contributed by atoms with Crippen LogP contribution >= 0.6 is 0 Å². The predicted octanol–water partition coefficient (Wildman–Crippen LogP) is 3.18. The summed E-state index contributed by atoms with van der Waals surface area (Å²) in [5.74, 6) is 2.02. The third-order valence-corrected chi connectivity index (χ3v) is 3.22. The lowest BCUT2D eigenvalue weighted by molar-refractivity contribution is 0.213. The molecule has 0 saturated heterocycles. The first-order valence-electron chi connectivity index (χ1n) is 6.82. The predicted molar refractivity (Wildman–Crippen MR) is 81.2 cm³/mol. The van der Waals surface area contributed by atoms with Crippen LogP contribution in [0.3, 0.4) is 0 Å². The fourth-order valence-electron chi connectivity index (χ4n) is 2.17. The van der Waals surface area contributed by atoms with Crippen molar-refractivity contribution in [2.75, 3.05) is 20.8 Å². The zero-order valence-electron chi connectivity index (χ0n) is 12.5. The van der Waals surface area contributed by atoms with E-state index < -0.39 is 6.10 Å². The standard InChI is InChI=1S/C17H20O4/c1-4-21-14-7-5-6-12(10-14)17(18)15-11-13(19-2)8-9-16(15)20-3/h5-11,17-18H,4H2,1-3H3. The lowest BCUT2D eigenvalue weighted by Crippen LogP contribution is -2.03. The molecule has 4 heteroatoms. The zero-order chi connectivity index (χ0) is 15.2. The van der Waals surface area contributed by atoms with Gasteiger partial charge in [0, 0.05) is 5.56 Å². The topological polar surface area (TPSA) is 47.9 Å². The van der Waals surface area contributed by atoms with E-state index in [4.69, 9.17) is 14.2 Å². The van der Waals surface area contributed by atoms with Crippen molar-refractivity contribution in [3.05, 3.63) is 53.6 Å². The molecule has 0 bridgehead atoms. The Hall–Kier alpha value is -2.20. The molecule has 2 rings (SSSR count). The van der Waals surface area contributed by atoms with Gasteiger partial charge in [0.2, 0.25) is 0 Å². The average Bonchev–Trinajstić information content (AvgIpc) is 2.54. The smallest absolute Gasteiger partial charge is 0.125 e. The highest BCUT2D eigenvalue weighted by Gasteiger charge is 2.17. The molecule has 0 radical (unpaired) electrons. The number of hydrogen-bond acceptors (Lipinski definition) is 4. The van der Waals surface area contributed by atoms with Gasteiger partial charge in [-0.25, -0.2) is 0 Å². The van der Waals surface area contributed by atoms with Crippen molar-refractivity contribution in [2.45, 2.75) is 13.0 Å². The zero-order valence-corrected chi connectivity index (χ0v) is 12.5. The van der Waals surface area contributed by atoms with Crippen molar-refractivity contribution in [3.8, 4) is 17.2 Å². The Morgan fingerprint density at radius 1 is 1.00 bits per heavy atom. The van der Waals surface area contributed by atoms with E-state index in [1.807, 2.05) is 31.2 Å². The lowest BCUT2D eigenvalue weighted by Gasteiger charge is -2.17. The summed E-state index contributed by atoms with van der Waals surface area (Å²) in [6, 6.07) is 12.8. The second kappa shape index (κ2) is 6.99. The molecule has 0 aromatic heterocycles. The minimum Gasteiger partial charge on any atom is -0.497 e. The molecule has 0 aliphatic heterocycles. The van der Waals surface area contributed by atoms with Crippen LogP contribution in [-0.2, 0) is 0 Å². The summed E-state index contributed by atoms with van der Waals surface area (Å²) in [6.07, 6.45) is -0.810. The maximum absolute atomic E-state index is 10.6. The summed E-state index contributed by atoms with van der Waals surface area (Å²) < 4.78 is 16.0. The molecule has 1 unspecified atom stereocenters. The van der Waals surface area contributed by atoms with Gasteiger partial charge in [-0.15, -0.1) is 0 Å². The summed E-state index contributed by atoms with van der Waals surface area (Å²) in [5, 5.41) is 10.6. The van der Waals surface area contributed by atoms with Crippen LogP contribution in [0.5, 0.6) is 17.2 Å². The highest BCUT2D eigenvalue weighted by Crippen LogP contribution is 2.34. The molecule has 1 atom stereocenters. The van der Waals surface area contributed by atoms with Gasteiger partial charge in [0.15, 0.2) is 0 Å². The number of aliphatic hydroxyl groups excluding tert-OH is 1. The molecule has 112 valence electrons. The Bertz CT molecular complexity index is 595. The van der Waals surface area contributed by atoms with Crippen molar-refractivity contribution >= 4 is 0 Å². The number of aliphatic hydroxyl groups is 1. The Balaban J connectivity index is 2.38. The summed E-state index contributed by atoms with van der Waals surface area (Å²) in [7, 11) is 3.17. The van der Waals surface area contributed by atoms with Crippen molar-refractivity contribution in [1.82, 2.24) is 0 Å². The van der Waals surface area contributed by atoms with Gasteiger partial charge in [-0.1, -0.05) is 12.1 Å². The minimum absolute atomic E-state index is 0.585. The van der Waals surface area contributed by atoms with Crippen molar-refractivity contribution in [1.29, 1.82) is 0 Å². The minimum atomic E-state index is -0.810. The Morgan fingerprint density at radius 3 is 2.48 bits per heavy atom. The number of benzene rings is 2. The monoisotopic (exact) mass is 288 g/mol. The first-order valence-corrected chi connectivity index (χ1v) is 6.82. The van der Waals surface area contributed by atoms with E-state index in [2.05, 4.69) is 0 Å². The van der Waals surface area contributed by atoms with Gasteiger partial charge in [-0.3, -0.25) is 0 Å². The molecule has 1 N–H and O–H groups in total. The van der Waals surface area contributed by atoms with Gasteiger partial charge in [0.1, 0.15) is 23.4 Å². The number of rotatable bonds is 6. The molecule has 0 heterocycles. The first-order chi connectivity index (χ1) is 10.2. The molecular weight excluding hydrogens is 268 g/mol. The van der Waals surface area contributed by atoms with Gasteiger partial charge in [0.05, 0.1) is 20.8 Å². The van der Waals surface area contributed by atoms with Crippen LogP contribution in [-0.4, -0.2) is 25.9 Å². The van der Waals surface area contributed by atoms with E-state index >= 15 is 0 Å². The molecule has 0 saturated carbocycles. The molecule has 4 nitrogen and oxygen atoms in total. The average molecular weight is 288 g/mol. The van der Waals surface area contributed by atoms with Crippen LogP contribution in [0, 0.1) is 0 Å². The molecule has 0 amide bonds. The molecule has 2 aromatic carbocycles. The molecule has 0 aliphatic carbocycles. The van der Waals surface area contributed by atoms with Crippen LogP contribution in [0.1, 0.15) is 24.2 Å². The lowest BCUT2D eigenvalue weighted by atomic mass is 10.00. The largest absolute Gasteiger partial charge is 0.497 e. The second-order valence-electron chi connectivity index (χ2n) is 4.52. The van der Waals surface area contributed by atoms with Gasteiger partial charge in [-0.05, 0) is 42.8 Å². The molecule has 2 aromatic rings. The molecule has 0 fully saturated rings. The summed E-state index contributed by atoms with van der Waals surface area (Å²) >= 11 is 0. The third-order valence-electron chi connectivity index (χ3n) is 3.22. The van der Waals surface area contributed by atoms with Crippen molar-refractivity contribution in [2.24, 2.45) is 0 Å². The van der Waals surface area contributed by atoms with Crippen LogP contribution in [0.2, 0.25) is 0 Å². The highest BCUT2D eigenvalue weighted by atomic mass is 16.5. The fraction of sp³-hybridized carbons (Fsp3) is 0.294.